The van der Waals surface area contributed by atoms with Crippen LogP contribution in [0.25, 0.3) is 11.0 Å². The van der Waals surface area contributed by atoms with Crippen LogP contribution in [-0.4, -0.2) is 15.3 Å². The number of nitrogens with zero attached hydrogens (tertiary/aromatic N) is 2. The fourth-order valence-corrected chi connectivity index (χ4v) is 3.80. The van der Waals surface area contributed by atoms with E-state index in [1.165, 1.54) is 29.9 Å². The van der Waals surface area contributed by atoms with Crippen molar-refractivity contribution in [3.8, 4) is 0 Å². The molecule has 2 aromatic rings. The fourth-order valence-electron chi connectivity index (χ4n) is 2.52. The van der Waals surface area contributed by atoms with E-state index in [0.717, 1.165) is 17.7 Å². The summed E-state index contributed by atoms with van der Waals surface area (Å²) in [6.45, 7) is 3.14. The average molecular weight is 247 g/mol. The summed E-state index contributed by atoms with van der Waals surface area (Å²) in [4.78, 5) is 4.79. The van der Waals surface area contributed by atoms with Crippen molar-refractivity contribution in [2.75, 3.05) is 11.5 Å². The summed E-state index contributed by atoms with van der Waals surface area (Å²) >= 11 is 2.03. The van der Waals surface area contributed by atoms with Gasteiger partial charge in [-0.15, -0.1) is 0 Å². The van der Waals surface area contributed by atoms with Crippen LogP contribution in [0.3, 0.4) is 0 Å². The summed E-state index contributed by atoms with van der Waals surface area (Å²) in [5, 5.41) is 0.573. The summed E-state index contributed by atoms with van der Waals surface area (Å²) in [5.41, 5.74) is 8.93. The normalized spacial score (nSPS) is 20.2. The van der Waals surface area contributed by atoms with Crippen molar-refractivity contribution in [2.45, 2.75) is 31.6 Å². The first kappa shape index (κ1) is 11.0. The zero-order valence-electron chi connectivity index (χ0n) is 10.0. The molecule has 3 rings (SSSR count). The van der Waals surface area contributed by atoms with Gasteiger partial charge in [0.25, 0.3) is 0 Å². The van der Waals surface area contributed by atoms with E-state index in [1.54, 1.807) is 0 Å². The minimum atomic E-state index is 0.573. The van der Waals surface area contributed by atoms with Gasteiger partial charge in [-0.3, -0.25) is 0 Å². The van der Waals surface area contributed by atoms with Gasteiger partial charge in [-0.25, -0.2) is 4.98 Å². The van der Waals surface area contributed by atoms with E-state index in [9.17, 15) is 0 Å². The summed E-state index contributed by atoms with van der Waals surface area (Å²) in [5.74, 6) is 2.50. The molecule has 2 N–H and O–H groups in total. The van der Waals surface area contributed by atoms with E-state index in [1.807, 2.05) is 30.0 Å². The zero-order chi connectivity index (χ0) is 11.8. The smallest absolute Gasteiger partial charge is 0.123 e. The second kappa shape index (κ2) is 4.26. The Labute approximate surface area is 105 Å². The molecule has 1 aromatic heterocycles. The second-order valence-corrected chi connectivity index (χ2v) is 5.77. The molecule has 3 nitrogen and oxygen atoms in total. The van der Waals surface area contributed by atoms with Crippen LogP contribution in [0.2, 0.25) is 0 Å². The molecule has 17 heavy (non-hydrogen) atoms. The third-order valence-electron chi connectivity index (χ3n) is 3.34. The Bertz CT molecular complexity index is 541. The first-order chi connectivity index (χ1) is 8.29. The van der Waals surface area contributed by atoms with Crippen molar-refractivity contribution < 1.29 is 0 Å². The SMILES string of the molecule is CCn1c(C2CCCS2)nc2ccc(N)cc21. The van der Waals surface area contributed by atoms with Crippen LogP contribution in [0.15, 0.2) is 18.2 Å². The van der Waals surface area contributed by atoms with Gasteiger partial charge in [-0.1, -0.05) is 0 Å². The van der Waals surface area contributed by atoms with Crippen LogP contribution < -0.4 is 5.73 Å². The molecule has 1 saturated heterocycles. The first-order valence-electron chi connectivity index (χ1n) is 6.17. The summed E-state index contributed by atoms with van der Waals surface area (Å²) in [6, 6.07) is 6.00. The van der Waals surface area contributed by atoms with E-state index >= 15 is 0 Å². The molecule has 0 amide bonds. The van der Waals surface area contributed by atoms with Gasteiger partial charge in [0.1, 0.15) is 5.82 Å². The van der Waals surface area contributed by atoms with Gasteiger partial charge in [-0.05, 0) is 43.7 Å². The van der Waals surface area contributed by atoms with Crippen LogP contribution in [0.1, 0.15) is 30.8 Å². The second-order valence-electron chi connectivity index (χ2n) is 4.46. The van der Waals surface area contributed by atoms with Crippen molar-refractivity contribution in [3.05, 3.63) is 24.0 Å². The Morgan fingerprint density at radius 1 is 1.53 bits per heavy atom. The monoisotopic (exact) mass is 247 g/mol. The Hall–Kier alpha value is -1.16. The number of aromatic nitrogens is 2. The van der Waals surface area contributed by atoms with E-state index in [-0.39, 0.29) is 0 Å². The van der Waals surface area contributed by atoms with Gasteiger partial charge in [0, 0.05) is 12.2 Å². The van der Waals surface area contributed by atoms with Crippen LogP contribution in [0.5, 0.6) is 0 Å². The van der Waals surface area contributed by atoms with Crippen LogP contribution in [-0.2, 0) is 6.54 Å². The highest BCUT2D eigenvalue weighted by Gasteiger charge is 2.23. The minimum Gasteiger partial charge on any atom is -0.399 e. The van der Waals surface area contributed by atoms with E-state index in [2.05, 4.69) is 11.5 Å². The zero-order valence-corrected chi connectivity index (χ0v) is 10.8. The molecule has 1 unspecified atom stereocenters. The standard InChI is InChI=1S/C13H17N3S/c1-2-16-11-8-9(14)5-6-10(11)15-13(16)12-4-3-7-17-12/h5-6,8,12H,2-4,7,14H2,1H3. The molecule has 1 aromatic carbocycles. The van der Waals surface area contributed by atoms with Gasteiger partial charge < -0.3 is 10.3 Å². The number of imidazole rings is 1. The van der Waals surface area contributed by atoms with E-state index in [0.29, 0.717) is 5.25 Å². The Balaban J connectivity index is 2.17. The quantitative estimate of drug-likeness (QED) is 0.829. The lowest BCUT2D eigenvalue weighted by molar-refractivity contribution is 0.683. The van der Waals surface area contributed by atoms with Crippen molar-refractivity contribution >= 4 is 28.5 Å². The van der Waals surface area contributed by atoms with Gasteiger partial charge in [-0.2, -0.15) is 11.8 Å². The number of anilines is 1. The summed E-state index contributed by atoms with van der Waals surface area (Å²) in [7, 11) is 0. The molecule has 0 saturated carbocycles. The number of thioether (sulfide) groups is 1. The number of fused-ring (bicyclic) bond motifs is 1. The lowest BCUT2D eigenvalue weighted by atomic mass is 10.2. The maximum atomic E-state index is 5.86. The maximum absolute atomic E-state index is 5.86. The molecule has 1 aliphatic heterocycles. The molecule has 0 bridgehead atoms. The van der Waals surface area contributed by atoms with Crippen LogP contribution >= 0.6 is 11.8 Å². The lowest BCUT2D eigenvalue weighted by Gasteiger charge is -2.10. The van der Waals surface area contributed by atoms with Gasteiger partial charge >= 0.3 is 0 Å². The van der Waals surface area contributed by atoms with Crippen LogP contribution in [0, 0.1) is 0 Å². The van der Waals surface area contributed by atoms with Crippen molar-refractivity contribution in [1.82, 2.24) is 9.55 Å². The number of nitrogens with two attached hydrogens (primary N) is 1. The molecule has 1 aliphatic rings. The topological polar surface area (TPSA) is 43.8 Å². The molecule has 1 fully saturated rings. The average Bonchev–Trinajstić information content (AvgIpc) is 2.94. The van der Waals surface area contributed by atoms with E-state index in [4.69, 9.17) is 10.7 Å². The molecule has 0 radical (unpaired) electrons. The number of nitrogen functional groups attached to an aromatic ring is 1. The Morgan fingerprint density at radius 2 is 2.41 bits per heavy atom. The number of hydrogen-bond acceptors (Lipinski definition) is 3. The Morgan fingerprint density at radius 3 is 3.12 bits per heavy atom. The third kappa shape index (κ3) is 1.80. The molecule has 0 aliphatic carbocycles. The number of benzene rings is 1. The van der Waals surface area contributed by atoms with Gasteiger partial charge in [0.2, 0.25) is 0 Å². The number of aryl methyl sites for hydroxylation is 1. The maximum Gasteiger partial charge on any atom is 0.123 e. The minimum absolute atomic E-state index is 0.573. The number of hydrogen-bond donors (Lipinski definition) is 1. The highest BCUT2D eigenvalue weighted by atomic mass is 32.2. The molecule has 4 heteroatoms. The first-order valence-corrected chi connectivity index (χ1v) is 7.21. The fraction of sp³-hybridized carbons (Fsp3) is 0.462. The highest BCUT2D eigenvalue weighted by molar-refractivity contribution is 7.99. The van der Waals surface area contributed by atoms with Gasteiger partial charge in [0.05, 0.1) is 16.3 Å². The summed E-state index contributed by atoms with van der Waals surface area (Å²) < 4.78 is 2.31. The molecular formula is C13H17N3S. The largest absolute Gasteiger partial charge is 0.399 e. The van der Waals surface area contributed by atoms with Crippen LogP contribution in [0.4, 0.5) is 5.69 Å². The predicted molar refractivity (Wildman–Crippen MR) is 74.3 cm³/mol. The number of rotatable bonds is 2. The van der Waals surface area contributed by atoms with Gasteiger partial charge in [0.15, 0.2) is 0 Å². The van der Waals surface area contributed by atoms with Crippen molar-refractivity contribution in [1.29, 1.82) is 0 Å². The molecular weight excluding hydrogens is 230 g/mol. The van der Waals surface area contributed by atoms with Crippen molar-refractivity contribution in [2.24, 2.45) is 0 Å². The van der Waals surface area contributed by atoms with Crippen molar-refractivity contribution in [3.63, 3.8) is 0 Å². The predicted octanol–water partition coefficient (Wildman–Crippen LogP) is 3.21. The Kier molecular flexibility index (Phi) is 2.74. The highest BCUT2D eigenvalue weighted by Crippen LogP contribution is 2.40. The van der Waals surface area contributed by atoms with E-state index < -0.39 is 0 Å². The lowest BCUT2D eigenvalue weighted by Crippen LogP contribution is -2.03. The third-order valence-corrected chi connectivity index (χ3v) is 4.71. The molecule has 0 spiro atoms. The molecule has 1 atom stereocenters. The molecule has 2 heterocycles. The molecule has 90 valence electrons. The summed E-state index contributed by atoms with van der Waals surface area (Å²) in [6.07, 6.45) is 2.56.